The first-order valence-electron chi connectivity index (χ1n) is 7.95. The van der Waals surface area contributed by atoms with E-state index in [1.54, 1.807) is 0 Å². The zero-order valence-electron chi connectivity index (χ0n) is 13.2. The van der Waals surface area contributed by atoms with Crippen LogP contribution >= 0.6 is 0 Å². The molecule has 2 aliphatic heterocycles. The Labute approximate surface area is 132 Å². The second kappa shape index (κ2) is 5.41. The van der Waals surface area contributed by atoms with Gasteiger partial charge in [-0.3, -0.25) is 0 Å². The zero-order valence-corrected chi connectivity index (χ0v) is 13.2. The van der Waals surface area contributed by atoms with Gasteiger partial charge in [0, 0.05) is 38.0 Å². The minimum Gasteiger partial charge on any atom is -0.372 e. The van der Waals surface area contributed by atoms with Crippen molar-refractivity contribution in [3.63, 3.8) is 0 Å². The Balaban J connectivity index is 1.96. The number of piperazine rings is 1. The predicted molar refractivity (Wildman–Crippen MR) is 89.3 cm³/mol. The topological polar surface area (TPSA) is 15.7 Å². The average molecular weight is 294 g/mol. The second-order valence-corrected chi connectivity index (χ2v) is 6.27. The summed E-state index contributed by atoms with van der Waals surface area (Å²) in [5, 5.41) is 0. The van der Waals surface area contributed by atoms with Crippen molar-refractivity contribution < 1.29 is 4.74 Å². The first-order valence-corrected chi connectivity index (χ1v) is 7.95. The maximum absolute atomic E-state index is 5.92. The summed E-state index contributed by atoms with van der Waals surface area (Å²) < 4.78 is 5.92. The van der Waals surface area contributed by atoms with Crippen molar-refractivity contribution in [1.29, 1.82) is 0 Å². The molecule has 4 rings (SSSR count). The average Bonchev–Trinajstić information content (AvgIpc) is 2.67. The minimum atomic E-state index is 0.0170. The van der Waals surface area contributed by atoms with Gasteiger partial charge in [0.25, 0.3) is 0 Å². The standard InChI is InChI=1S/C19H22N2O/c1-20-11-12-21-17-10-6-5-9-16(17)19(22-2)15-8-4-3-7-14(15)18(21)13-20/h3-10,18-19H,11-13H2,1-2H3/t18-,19+/m0/s1. The summed E-state index contributed by atoms with van der Waals surface area (Å²) >= 11 is 0. The molecule has 0 aliphatic carbocycles. The van der Waals surface area contributed by atoms with E-state index in [1.165, 1.54) is 22.4 Å². The zero-order chi connectivity index (χ0) is 15.1. The predicted octanol–water partition coefficient (Wildman–Crippen LogP) is 3.23. The van der Waals surface area contributed by atoms with Crippen LogP contribution in [0.15, 0.2) is 48.5 Å². The molecule has 3 nitrogen and oxygen atoms in total. The third-order valence-electron chi connectivity index (χ3n) is 4.99. The van der Waals surface area contributed by atoms with E-state index < -0.39 is 0 Å². The van der Waals surface area contributed by atoms with E-state index in [-0.39, 0.29) is 6.10 Å². The van der Waals surface area contributed by atoms with Gasteiger partial charge in [0.2, 0.25) is 0 Å². The summed E-state index contributed by atoms with van der Waals surface area (Å²) in [4.78, 5) is 4.99. The Morgan fingerprint density at radius 2 is 1.59 bits per heavy atom. The molecule has 1 saturated heterocycles. The molecular formula is C19H22N2O. The molecule has 2 aromatic carbocycles. The summed E-state index contributed by atoms with van der Waals surface area (Å²) in [5.41, 5.74) is 5.31. The van der Waals surface area contributed by atoms with Crippen LogP contribution in [0.1, 0.15) is 28.8 Å². The van der Waals surface area contributed by atoms with Gasteiger partial charge in [-0.05, 0) is 24.2 Å². The van der Waals surface area contributed by atoms with Crippen molar-refractivity contribution in [2.45, 2.75) is 12.1 Å². The van der Waals surface area contributed by atoms with Crippen molar-refractivity contribution in [2.24, 2.45) is 0 Å². The molecule has 2 atom stereocenters. The molecule has 1 fully saturated rings. The molecule has 0 aromatic heterocycles. The lowest BCUT2D eigenvalue weighted by molar-refractivity contribution is 0.136. The first kappa shape index (κ1) is 13.8. The fourth-order valence-electron chi connectivity index (χ4n) is 3.92. The molecule has 3 heteroatoms. The molecule has 0 spiro atoms. The van der Waals surface area contributed by atoms with Crippen LogP contribution in [-0.4, -0.2) is 38.7 Å². The monoisotopic (exact) mass is 294 g/mol. The molecule has 0 radical (unpaired) electrons. The number of para-hydroxylation sites is 1. The molecule has 2 heterocycles. The maximum Gasteiger partial charge on any atom is 0.109 e. The highest BCUT2D eigenvalue weighted by Gasteiger charge is 2.35. The highest BCUT2D eigenvalue weighted by atomic mass is 16.5. The summed E-state index contributed by atoms with van der Waals surface area (Å²) in [6.45, 7) is 3.22. The van der Waals surface area contributed by atoms with Crippen molar-refractivity contribution in [1.82, 2.24) is 4.90 Å². The highest BCUT2D eigenvalue weighted by molar-refractivity contribution is 5.62. The van der Waals surface area contributed by atoms with E-state index in [9.17, 15) is 0 Å². The number of hydrogen-bond donors (Lipinski definition) is 0. The quantitative estimate of drug-likeness (QED) is 0.803. The maximum atomic E-state index is 5.92. The molecule has 0 bridgehead atoms. The Morgan fingerprint density at radius 1 is 0.909 bits per heavy atom. The Bertz CT molecular complexity index is 685. The van der Waals surface area contributed by atoms with Gasteiger partial charge in [-0.25, -0.2) is 0 Å². The molecule has 0 N–H and O–H groups in total. The SMILES string of the molecule is CO[C@@H]1c2ccccc2[C@@H]2CN(C)CCN2c2ccccc21. The third kappa shape index (κ3) is 2.04. The number of nitrogens with zero attached hydrogens (tertiary/aromatic N) is 2. The van der Waals surface area contributed by atoms with Crippen LogP contribution < -0.4 is 4.90 Å². The number of anilines is 1. The number of ether oxygens (including phenoxy) is 1. The van der Waals surface area contributed by atoms with Gasteiger partial charge in [-0.1, -0.05) is 42.5 Å². The number of fused-ring (bicyclic) bond motifs is 5. The van der Waals surface area contributed by atoms with Crippen LogP contribution in [-0.2, 0) is 4.74 Å². The Kier molecular flexibility index (Phi) is 3.40. The molecular weight excluding hydrogens is 272 g/mol. The fourth-order valence-corrected chi connectivity index (χ4v) is 3.92. The highest BCUT2D eigenvalue weighted by Crippen LogP contribution is 2.44. The van der Waals surface area contributed by atoms with Crippen molar-refractivity contribution in [3.8, 4) is 0 Å². The number of likely N-dealkylation sites (N-methyl/N-ethyl adjacent to an activating group) is 1. The number of benzene rings is 2. The van der Waals surface area contributed by atoms with E-state index in [4.69, 9.17) is 4.74 Å². The van der Waals surface area contributed by atoms with Crippen molar-refractivity contribution in [3.05, 3.63) is 65.2 Å². The summed E-state index contributed by atoms with van der Waals surface area (Å²) in [6.07, 6.45) is 0.0170. The van der Waals surface area contributed by atoms with E-state index >= 15 is 0 Å². The van der Waals surface area contributed by atoms with Gasteiger partial charge in [0.05, 0.1) is 6.04 Å². The second-order valence-electron chi connectivity index (χ2n) is 6.27. The van der Waals surface area contributed by atoms with Crippen LogP contribution in [0.2, 0.25) is 0 Å². The fraction of sp³-hybridized carbons (Fsp3) is 0.368. The van der Waals surface area contributed by atoms with E-state index in [1.807, 2.05) is 7.11 Å². The lowest BCUT2D eigenvalue weighted by Crippen LogP contribution is -2.46. The van der Waals surface area contributed by atoms with Gasteiger partial charge in [-0.2, -0.15) is 0 Å². The van der Waals surface area contributed by atoms with Crippen LogP contribution in [0.25, 0.3) is 0 Å². The number of hydrogen-bond acceptors (Lipinski definition) is 3. The summed E-state index contributed by atoms with van der Waals surface area (Å²) in [6, 6.07) is 17.9. The van der Waals surface area contributed by atoms with Crippen LogP contribution in [0.4, 0.5) is 5.69 Å². The van der Waals surface area contributed by atoms with Gasteiger partial charge in [-0.15, -0.1) is 0 Å². The van der Waals surface area contributed by atoms with Crippen molar-refractivity contribution >= 4 is 5.69 Å². The van der Waals surface area contributed by atoms with Gasteiger partial charge < -0.3 is 14.5 Å². The van der Waals surface area contributed by atoms with Gasteiger partial charge >= 0.3 is 0 Å². The molecule has 0 amide bonds. The Hall–Kier alpha value is -1.84. The number of rotatable bonds is 1. The first-order chi connectivity index (χ1) is 10.8. The molecule has 2 aliphatic rings. The molecule has 2 aromatic rings. The normalized spacial score (nSPS) is 24.2. The Morgan fingerprint density at radius 3 is 2.36 bits per heavy atom. The van der Waals surface area contributed by atoms with Gasteiger partial charge in [0.15, 0.2) is 0 Å². The lowest BCUT2D eigenvalue weighted by atomic mass is 9.94. The largest absolute Gasteiger partial charge is 0.372 e. The lowest BCUT2D eigenvalue weighted by Gasteiger charge is -2.41. The van der Waals surface area contributed by atoms with E-state index in [0.29, 0.717) is 6.04 Å². The molecule has 0 unspecified atom stereocenters. The molecule has 114 valence electrons. The van der Waals surface area contributed by atoms with E-state index in [2.05, 4.69) is 65.4 Å². The van der Waals surface area contributed by atoms with Crippen LogP contribution in [0.3, 0.4) is 0 Å². The van der Waals surface area contributed by atoms with Crippen LogP contribution in [0.5, 0.6) is 0 Å². The third-order valence-corrected chi connectivity index (χ3v) is 4.99. The molecule has 22 heavy (non-hydrogen) atoms. The van der Waals surface area contributed by atoms with Gasteiger partial charge in [0.1, 0.15) is 6.10 Å². The minimum absolute atomic E-state index is 0.0170. The van der Waals surface area contributed by atoms with Crippen LogP contribution in [0, 0.1) is 0 Å². The number of methoxy groups -OCH3 is 1. The van der Waals surface area contributed by atoms with Crippen molar-refractivity contribution in [2.75, 3.05) is 38.7 Å². The smallest absolute Gasteiger partial charge is 0.109 e. The summed E-state index contributed by atoms with van der Waals surface area (Å²) in [7, 11) is 4.03. The van der Waals surface area contributed by atoms with E-state index in [0.717, 1.165) is 19.6 Å². The molecule has 0 saturated carbocycles. The summed E-state index contributed by atoms with van der Waals surface area (Å²) in [5.74, 6) is 0.